The predicted octanol–water partition coefficient (Wildman–Crippen LogP) is 6.96. The highest BCUT2D eigenvalue weighted by Crippen LogP contribution is 2.27. The number of nitrogens with zero attached hydrogens (tertiary/aromatic N) is 5. The second kappa shape index (κ2) is 9.20. The number of para-hydroxylation sites is 4. The molecule has 0 aliphatic rings. The molecule has 0 bridgehead atoms. The minimum Gasteiger partial charge on any atom is -0.249 e. The highest BCUT2D eigenvalue weighted by molar-refractivity contribution is 5.79. The fraction of sp³-hybridized carbons (Fsp3) is 0.0667. The van der Waals surface area contributed by atoms with E-state index in [0.29, 0.717) is 11.4 Å². The third kappa shape index (κ3) is 4.38. The maximum absolute atomic E-state index is 12.8. The predicted molar refractivity (Wildman–Crippen MR) is 146 cm³/mol. The van der Waals surface area contributed by atoms with Gasteiger partial charge in [-0.15, -0.1) is 5.43 Å². The summed E-state index contributed by atoms with van der Waals surface area (Å²) in [5.41, 5.74) is 12.6. The van der Waals surface area contributed by atoms with Gasteiger partial charge in [-0.2, -0.15) is 0 Å². The molecule has 0 saturated carbocycles. The maximum Gasteiger partial charge on any atom is 0.292 e. The van der Waals surface area contributed by atoms with E-state index in [1.807, 2.05) is 98.8 Å². The lowest BCUT2D eigenvalue weighted by Crippen LogP contribution is -2.10. The molecule has 1 N–H and O–H groups in total. The van der Waals surface area contributed by atoms with E-state index >= 15 is 0 Å². The normalized spacial score (nSPS) is 11.1. The Bertz CT molecular complexity index is 1780. The van der Waals surface area contributed by atoms with E-state index in [2.05, 4.69) is 15.4 Å². The van der Waals surface area contributed by atoms with Crippen molar-refractivity contribution in [3.8, 4) is 22.5 Å². The Morgan fingerprint density at radius 3 is 1.41 bits per heavy atom. The van der Waals surface area contributed by atoms with Crippen LogP contribution in [0.3, 0.4) is 0 Å². The highest BCUT2D eigenvalue weighted by atomic mass is 16.3. The molecule has 0 fully saturated rings. The van der Waals surface area contributed by atoms with Gasteiger partial charge in [-0.3, -0.25) is 0 Å². The molecule has 0 spiro atoms. The number of rotatable bonds is 5. The topological polar surface area (TPSA) is 83.7 Å². The Hall–Kier alpha value is -5.04. The van der Waals surface area contributed by atoms with Gasteiger partial charge in [-0.05, 0) is 62.4 Å². The molecule has 0 saturated heterocycles. The zero-order chi connectivity index (χ0) is 25.4. The molecule has 0 atom stereocenters. The van der Waals surface area contributed by atoms with E-state index in [1.54, 1.807) is 12.1 Å². The summed E-state index contributed by atoms with van der Waals surface area (Å²) in [7, 11) is 0. The number of nitrogens with one attached hydrogen (secondary N) is 1. The second-order valence-corrected chi connectivity index (χ2v) is 8.82. The van der Waals surface area contributed by atoms with Gasteiger partial charge in [0, 0.05) is 23.3 Å². The van der Waals surface area contributed by atoms with Crippen molar-refractivity contribution in [1.29, 1.82) is 0 Å². The van der Waals surface area contributed by atoms with Gasteiger partial charge in [0.15, 0.2) is 4.87 Å². The Morgan fingerprint density at radius 2 is 0.946 bits per heavy atom. The Morgan fingerprint density at radius 1 is 0.541 bits per heavy atom. The third-order valence-electron chi connectivity index (χ3n) is 6.25. The highest BCUT2D eigenvalue weighted by Gasteiger charge is 2.16. The van der Waals surface area contributed by atoms with Crippen molar-refractivity contribution in [3.05, 3.63) is 113 Å². The first-order valence-corrected chi connectivity index (χ1v) is 12.0. The van der Waals surface area contributed by atoms with Gasteiger partial charge in [0.05, 0.1) is 49.7 Å². The minimum absolute atomic E-state index is 0.482. The minimum atomic E-state index is 0.482. The van der Waals surface area contributed by atoms with Crippen LogP contribution in [0, 0.1) is 18.8 Å². The molecule has 0 amide bonds. The quantitative estimate of drug-likeness (QED) is 0.211. The van der Waals surface area contributed by atoms with Crippen LogP contribution in [0.2, 0.25) is 0 Å². The van der Waals surface area contributed by atoms with Crippen LogP contribution in [0.25, 0.3) is 44.6 Å². The molecule has 4 aromatic carbocycles. The lowest BCUT2D eigenvalue weighted by Gasteiger charge is -2.07. The van der Waals surface area contributed by atoms with E-state index in [4.69, 9.17) is 9.97 Å². The van der Waals surface area contributed by atoms with Crippen LogP contribution in [0.4, 0.5) is 11.4 Å². The summed E-state index contributed by atoms with van der Waals surface area (Å²) in [6, 6.07) is 30.5. The number of hydrazine groups is 1. The van der Waals surface area contributed by atoms with Crippen LogP contribution in [0.15, 0.2) is 97.1 Å². The lowest BCUT2D eigenvalue weighted by atomic mass is 10.1. The van der Waals surface area contributed by atoms with Gasteiger partial charge < -0.3 is 0 Å². The summed E-state index contributed by atoms with van der Waals surface area (Å²) in [6.07, 6.45) is 0. The van der Waals surface area contributed by atoms with Crippen molar-refractivity contribution in [3.63, 3.8) is 0 Å². The molecule has 0 unspecified atom stereocenters. The van der Waals surface area contributed by atoms with Gasteiger partial charge in [-0.25, -0.2) is 19.9 Å². The molecular formula is C30H23N6O+. The van der Waals surface area contributed by atoms with E-state index in [-0.39, 0.29) is 0 Å². The molecule has 2 aromatic heterocycles. The molecular weight excluding hydrogens is 460 g/mol. The number of nitroso groups, excluding NO2 is 1. The van der Waals surface area contributed by atoms with Crippen molar-refractivity contribution < 1.29 is 4.87 Å². The molecule has 6 aromatic rings. The average Bonchev–Trinajstić information content (AvgIpc) is 2.93. The van der Waals surface area contributed by atoms with Gasteiger partial charge in [0.2, 0.25) is 0 Å². The van der Waals surface area contributed by atoms with Crippen LogP contribution in [0.1, 0.15) is 11.4 Å². The zero-order valence-corrected chi connectivity index (χ0v) is 20.4. The Balaban J connectivity index is 1.20. The van der Waals surface area contributed by atoms with Gasteiger partial charge in [-0.1, -0.05) is 36.4 Å². The monoisotopic (exact) mass is 483 g/mol. The maximum atomic E-state index is 12.8. The summed E-state index contributed by atoms with van der Waals surface area (Å²) < 4.78 is 0. The number of aromatic nitrogens is 4. The van der Waals surface area contributed by atoms with E-state index < -0.39 is 0 Å². The number of hydrogen-bond acceptors (Lipinski definition) is 5. The number of benzene rings is 4. The Kier molecular flexibility index (Phi) is 5.58. The van der Waals surface area contributed by atoms with Crippen molar-refractivity contribution in [2.45, 2.75) is 13.8 Å². The number of aryl methyl sites for hydroxylation is 2. The van der Waals surface area contributed by atoms with Crippen molar-refractivity contribution in [2.75, 3.05) is 5.43 Å². The van der Waals surface area contributed by atoms with E-state index in [1.165, 1.54) is 0 Å². The van der Waals surface area contributed by atoms with Crippen molar-refractivity contribution >= 4 is 33.4 Å². The van der Waals surface area contributed by atoms with Crippen molar-refractivity contribution in [1.82, 2.24) is 19.9 Å². The summed E-state index contributed by atoms with van der Waals surface area (Å²) in [4.78, 5) is 32.4. The number of hydrogen-bond donors (Lipinski definition) is 1. The average molecular weight is 484 g/mol. The van der Waals surface area contributed by atoms with E-state index in [0.717, 1.165) is 60.8 Å². The standard InChI is InChI=1S/C30H23N6O/c1-19-29(33-27-9-5-3-7-25(27)31-19)21-11-15-23(16-12-21)35-36(37)24-17-13-22(14-18-24)30-20(2)32-26-8-4-6-10-28(26)34-30/h3-18H,1-2H3,(H,35,37)/q+1. The first-order chi connectivity index (χ1) is 18.0. The molecule has 37 heavy (non-hydrogen) atoms. The molecule has 7 heteroatoms. The summed E-state index contributed by atoms with van der Waals surface area (Å²) in [5, 5.41) is 0. The van der Waals surface area contributed by atoms with Crippen LogP contribution < -0.4 is 5.43 Å². The summed E-state index contributed by atoms with van der Waals surface area (Å²) in [6.45, 7) is 3.90. The largest absolute Gasteiger partial charge is 0.292 e. The molecule has 0 aliphatic heterocycles. The summed E-state index contributed by atoms with van der Waals surface area (Å²) >= 11 is 0. The first-order valence-electron chi connectivity index (χ1n) is 12.0. The SMILES string of the molecule is Cc1nc2ccccc2nc1-c1ccc(N[N+](=O)c2ccc(-c3nc4ccccc4nc3C)cc2)cc1. The fourth-order valence-electron chi connectivity index (χ4n) is 4.36. The molecule has 2 heterocycles. The Labute approximate surface area is 213 Å². The van der Waals surface area contributed by atoms with Crippen LogP contribution in [0.5, 0.6) is 0 Å². The summed E-state index contributed by atoms with van der Waals surface area (Å²) in [5.74, 6) is 0. The molecule has 178 valence electrons. The molecule has 6 rings (SSSR count). The van der Waals surface area contributed by atoms with Crippen LogP contribution in [-0.4, -0.2) is 24.8 Å². The third-order valence-corrected chi connectivity index (χ3v) is 6.25. The molecule has 0 radical (unpaired) electrons. The van der Waals surface area contributed by atoms with Crippen LogP contribution in [-0.2, 0) is 0 Å². The van der Waals surface area contributed by atoms with Crippen LogP contribution >= 0.6 is 0 Å². The van der Waals surface area contributed by atoms with Gasteiger partial charge in [0.1, 0.15) is 5.69 Å². The zero-order valence-electron chi connectivity index (χ0n) is 20.4. The van der Waals surface area contributed by atoms with Gasteiger partial charge in [0.25, 0.3) is 5.69 Å². The van der Waals surface area contributed by atoms with E-state index in [9.17, 15) is 4.91 Å². The molecule has 7 nitrogen and oxygen atoms in total. The van der Waals surface area contributed by atoms with Crippen molar-refractivity contribution in [2.24, 2.45) is 0 Å². The first kappa shape index (κ1) is 22.4. The fourth-order valence-corrected chi connectivity index (χ4v) is 4.36. The number of anilines is 1. The smallest absolute Gasteiger partial charge is 0.249 e. The lowest BCUT2D eigenvalue weighted by molar-refractivity contribution is -0.427. The molecule has 0 aliphatic carbocycles. The number of fused-ring (bicyclic) bond motifs is 2. The second-order valence-electron chi connectivity index (χ2n) is 8.82. The van der Waals surface area contributed by atoms with Gasteiger partial charge >= 0.3 is 0 Å².